The van der Waals surface area contributed by atoms with Crippen LogP contribution in [0, 0.1) is 0 Å². The summed E-state index contributed by atoms with van der Waals surface area (Å²) in [5, 5.41) is 3.35. The maximum absolute atomic E-state index is 12.6. The molecule has 0 aliphatic carbocycles. The van der Waals surface area contributed by atoms with Gasteiger partial charge in [-0.1, -0.05) is 30.3 Å². The number of hydrogen-bond acceptors (Lipinski definition) is 3. The van der Waals surface area contributed by atoms with Crippen LogP contribution in [0.3, 0.4) is 0 Å². The third-order valence-corrected chi connectivity index (χ3v) is 5.36. The van der Waals surface area contributed by atoms with E-state index in [9.17, 15) is 8.42 Å². The third kappa shape index (κ3) is 3.58. The topological polar surface area (TPSA) is 52.7 Å². The lowest BCUT2D eigenvalue weighted by atomic mass is 10.2. The fraction of sp³-hybridized carbons (Fsp3) is 0.571. The Morgan fingerprint density at radius 1 is 1.20 bits per heavy atom. The Balaban J connectivity index is 2.09. The number of rotatable bonds is 4. The average Bonchev–Trinajstić information content (AvgIpc) is 2.38. The van der Waals surface area contributed by atoms with E-state index in [1.165, 1.54) is 4.31 Å². The van der Waals surface area contributed by atoms with Gasteiger partial charge < -0.3 is 5.32 Å². The van der Waals surface area contributed by atoms with Gasteiger partial charge in [-0.05, 0) is 19.4 Å². The van der Waals surface area contributed by atoms with Crippen molar-refractivity contribution in [1.29, 1.82) is 0 Å². The van der Waals surface area contributed by atoms with Gasteiger partial charge in [0, 0.05) is 38.8 Å². The molecule has 2 unspecified atom stereocenters. The Kier molecular flexibility index (Phi) is 4.80. The van der Waals surface area contributed by atoms with E-state index in [1.54, 1.807) is 11.4 Å². The summed E-state index contributed by atoms with van der Waals surface area (Å²) in [6.07, 6.45) is 0. The first-order chi connectivity index (χ1) is 9.39. The number of piperazine rings is 1. The first-order valence-electron chi connectivity index (χ1n) is 6.91. The summed E-state index contributed by atoms with van der Waals surface area (Å²) in [4.78, 5) is 0. The van der Waals surface area contributed by atoms with Crippen molar-refractivity contribution in [2.75, 3.05) is 20.1 Å². The fourth-order valence-corrected chi connectivity index (χ4v) is 4.11. The molecule has 20 heavy (non-hydrogen) atoms. The molecule has 2 rings (SSSR count). The van der Waals surface area contributed by atoms with E-state index in [0.29, 0.717) is 19.6 Å². The molecule has 1 fully saturated rings. The molecule has 2 atom stereocenters. The second-order valence-electron chi connectivity index (χ2n) is 5.54. The van der Waals surface area contributed by atoms with Gasteiger partial charge >= 0.3 is 0 Å². The quantitative estimate of drug-likeness (QED) is 0.903. The van der Waals surface area contributed by atoms with Crippen molar-refractivity contribution in [2.45, 2.75) is 32.5 Å². The van der Waals surface area contributed by atoms with Crippen LogP contribution in [0.5, 0.6) is 0 Å². The van der Waals surface area contributed by atoms with Crippen LogP contribution in [0.2, 0.25) is 0 Å². The van der Waals surface area contributed by atoms with Gasteiger partial charge in [0.1, 0.15) is 0 Å². The third-order valence-electron chi connectivity index (χ3n) is 3.49. The molecule has 0 radical (unpaired) electrons. The van der Waals surface area contributed by atoms with Crippen LogP contribution in [0.1, 0.15) is 19.4 Å². The summed E-state index contributed by atoms with van der Waals surface area (Å²) < 4.78 is 28.2. The summed E-state index contributed by atoms with van der Waals surface area (Å²) in [6, 6.07) is 10.0. The van der Waals surface area contributed by atoms with Gasteiger partial charge in [-0.15, -0.1) is 0 Å². The van der Waals surface area contributed by atoms with Crippen LogP contribution in [0.25, 0.3) is 0 Å². The lowest BCUT2D eigenvalue weighted by Gasteiger charge is -2.37. The zero-order valence-electron chi connectivity index (χ0n) is 12.3. The van der Waals surface area contributed by atoms with Crippen molar-refractivity contribution in [3.05, 3.63) is 35.9 Å². The Morgan fingerprint density at radius 3 is 2.30 bits per heavy atom. The predicted octanol–water partition coefficient (Wildman–Crippen LogP) is 1.05. The van der Waals surface area contributed by atoms with Crippen LogP contribution < -0.4 is 5.32 Å². The molecule has 1 aromatic carbocycles. The van der Waals surface area contributed by atoms with Crippen molar-refractivity contribution in [3.8, 4) is 0 Å². The molecule has 1 aromatic rings. The van der Waals surface area contributed by atoms with Crippen LogP contribution in [-0.4, -0.2) is 49.2 Å². The van der Waals surface area contributed by atoms with Gasteiger partial charge in [0.15, 0.2) is 0 Å². The van der Waals surface area contributed by atoms with Crippen LogP contribution in [-0.2, 0) is 16.8 Å². The van der Waals surface area contributed by atoms with Crippen molar-refractivity contribution in [3.63, 3.8) is 0 Å². The summed E-state index contributed by atoms with van der Waals surface area (Å²) in [6.45, 7) is 5.46. The number of benzene rings is 1. The van der Waals surface area contributed by atoms with E-state index in [0.717, 1.165) is 5.56 Å². The minimum Gasteiger partial charge on any atom is -0.309 e. The normalized spacial score (nSPS) is 25.0. The second kappa shape index (κ2) is 6.22. The lowest BCUT2D eigenvalue weighted by molar-refractivity contribution is 0.247. The van der Waals surface area contributed by atoms with Gasteiger partial charge in [0.2, 0.25) is 0 Å². The zero-order valence-corrected chi connectivity index (χ0v) is 13.1. The van der Waals surface area contributed by atoms with Crippen LogP contribution in [0.4, 0.5) is 0 Å². The molecule has 0 spiro atoms. The standard InChI is InChI=1S/C14H23N3O2S/c1-12-9-17(10-13(2)15-12)20(18,19)16(3)11-14-7-5-4-6-8-14/h4-8,12-13,15H,9-11H2,1-3H3. The molecule has 0 aromatic heterocycles. The molecule has 1 saturated heterocycles. The number of nitrogens with one attached hydrogen (secondary N) is 1. The Bertz CT molecular complexity index is 523. The molecular weight excluding hydrogens is 274 g/mol. The molecule has 1 aliphatic heterocycles. The smallest absolute Gasteiger partial charge is 0.282 e. The zero-order chi connectivity index (χ0) is 14.8. The maximum Gasteiger partial charge on any atom is 0.282 e. The van der Waals surface area contributed by atoms with Crippen LogP contribution in [0.15, 0.2) is 30.3 Å². The highest BCUT2D eigenvalue weighted by Crippen LogP contribution is 2.15. The number of nitrogens with zero attached hydrogens (tertiary/aromatic N) is 2. The highest BCUT2D eigenvalue weighted by molar-refractivity contribution is 7.86. The lowest BCUT2D eigenvalue weighted by Crippen LogP contribution is -2.58. The van der Waals surface area contributed by atoms with Crippen molar-refractivity contribution < 1.29 is 8.42 Å². The summed E-state index contributed by atoms with van der Waals surface area (Å²) >= 11 is 0. The SMILES string of the molecule is CC1CN(S(=O)(=O)N(C)Cc2ccccc2)CC(C)N1. The van der Waals surface area contributed by atoms with Crippen molar-refractivity contribution in [1.82, 2.24) is 13.9 Å². The monoisotopic (exact) mass is 297 g/mol. The molecule has 5 nitrogen and oxygen atoms in total. The summed E-state index contributed by atoms with van der Waals surface area (Å²) in [5.74, 6) is 0. The molecule has 1 N–H and O–H groups in total. The summed E-state index contributed by atoms with van der Waals surface area (Å²) in [7, 11) is -1.76. The molecule has 112 valence electrons. The molecule has 0 amide bonds. The highest BCUT2D eigenvalue weighted by atomic mass is 32.2. The molecule has 1 heterocycles. The van der Waals surface area contributed by atoms with E-state index >= 15 is 0 Å². The first kappa shape index (κ1) is 15.4. The largest absolute Gasteiger partial charge is 0.309 e. The Morgan fingerprint density at radius 2 is 1.75 bits per heavy atom. The average molecular weight is 297 g/mol. The van der Waals surface area contributed by atoms with Gasteiger partial charge in [-0.2, -0.15) is 17.0 Å². The molecule has 0 saturated carbocycles. The maximum atomic E-state index is 12.6. The predicted molar refractivity (Wildman–Crippen MR) is 80.5 cm³/mol. The van der Waals surface area contributed by atoms with E-state index < -0.39 is 10.2 Å². The minimum absolute atomic E-state index is 0.179. The van der Waals surface area contributed by atoms with Gasteiger partial charge in [0.25, 0.3) is 10.2 Å². The highest BCUT2D eigenvalue weighted by Gasteiger charge is 2.32. The fourth-order valence-electron chi connectivity index (χ4n) is 2.58. The van der Waals surface area contributed by atoms with E-state index in [4.69, 9.17) is 0 Å². The van der Waals surface area contributed by atoms with Crippen molar-refractivity contribution in [2.24, 2.45) is 0 Å². The molecular formula is C14H23N3O2S. The minimum atomic E-state index is -3.40. The molecule has 6 heteroatoms. The molecule has 1 aliphatic rings. The van der Waals surface area contributed by atoms with Gasteiger partial charge in [0.05, 0.1) is 0 Å². The first-order valence-corrected chi connectivity index (χ1v) is 8.30. The second-order valence-corrected chi connectivity index (χ2v) is 7.57. The molecule has 0 bridgehead atoms. The van der Waals surface area contributed by atoms with Crippen molar-refractivity contribution >= 4 is 10.2 Å². The van der Waals surface area contributed by atoms with Gasteiger partial charge in [-0.3, -0.25) is 0 Å². The summed E-state index contributed by atoms with van der Waals surface area (Å²) in [5.41, 5.74) is 0.995. The van der Waals surface area contributed by atoms with E-state index in [-0.39, 0.29) is 12.1 Å². The Labute approximate surface area is 121 Å². The van der Waals surface area contributed by atoms with E-state index in [2.05, 4.69) is 5.32 Å². The number of hydrogen-bond donors (Lipinski definition) is 1. The van der Waals surface area contributed by atoms with Crippen LogP contribution >= 0.6 is 0 Å². The Hall–Kier alpha value is -0.950. The van der Waals surface area contributed by atoms with E-state index in [1.807, 2.05) is 44.2 Å². The van der Waals surface area contributed by atoms with Gasteiger partial charge in [-0.25, -0.2) is 0 Å².